The molecule has 3 aromatic rings. The normalized spacial score (nSPS) is 10.5. The molecule has 1 aromatic carbocycles. The van der Waals surface area contributed by atoms with Crippen LogP contribution in [0.15, 0.2) is 42.7 Å². The van der Waals surface area contributed by atoms with Crippen molar-refractivity contribution >= 4 is 12.2 Å². The molecule has 0 amide bonds. The molecule has 7 heteroatoms. The number of aromatic amines is 1. The van der Waals surface area contributed by atoms with E-state index >= 15 is 0 Å². The van der Waals surface area contributed by atoms with E-state index in [-0.39, 0.29) is 0 Å². The smallest absolute Gasteiger partial charge is 0.200 e. The maximum absolute atomic E-state index is 5.36. The molecule has 0 spiro atoms. The highest BCUT2D eigenvalue weighted by atomic mass is 32.1. The van der Waals surface area contributed by atoms with Gasteiger partial charge in [0.15, 0.2) is 10.6 Å². The first kappa shape index (κ1) is 14.3. The molecule has 0 aliphatic rings. The quantitative estimate of drug-likeness (QED) is 0.750. The van der Waals surface area contributed by atoms with Gasteiger partial charge in [0.25, 0.3) is 0 Å². The summed E-state index contributed by atoms with van der Waals surface area (Å²) >= 11 is 5.36. The fourth-order valence-corrected chi connectivity index (χ4v) is 2.38. The van der Waals surface area contributed by atoms with Gasteiger partial charge in [0.2, 0.25) is 0 Å². The fraction of sp³-hybridized carbons (Fsp3) is 0.133. The second-order valence-electron chi connectivity index (χ2n) is 4.50. The topological polar surface area (TPSA) is 65.0 Å². The van der Waals surface area contributed by atoms with Crippen molar-refractivity contribution in [3.63, 3.8) is 0 Å². The molecule has 0 saturated carbocycles. The number of methoxy groups -OCH3 is 2. The van der Waals surface area contributed by atoms with Gasteiger partial charge in [-0.2, -0.15) is 5.10 Å². The van der Waals surface area contributed by atoms with Crippen LogP contribution < -0.4 is 9.47 Å². The number of aromatic nitrogens is 4. The molecule has 0 bridgehead atoms. The number of nitrogens with one attached hydrogen (secondary N) is 1. The molecule has 0 aliphatic carbocycles. The van der Waals surface area contributed by atoms with Crippen molar-refractivity contribution < 1.29 is 9.47 Å². The Morgan fingerprint density at radius 3 is 2.45 bits per heavy atom. The lowest BCUT2D eigenvalue weighted by molar-refractivity contribution is 0.394. The van der Waals surface area contributed by atoms with Gasteiger partial charge < -0.3 is 9.47 Å². The Bertz CT molecular complexity index is 820. The van der Waals surface area contributed by atoms with E-state index in [2.05, 4.69) is 15.2 Å². The lowest BCUT2D eigenvalue weighted by Crippen LogP contribution is -1.99. The molecule has 2 aromatic heterocycles. The first-order chi connectivity index (χ1) is 10.7. The van der Waals surface area contributed by atoms with Crippen LogP contribution in [0.3, 0.4) is 0 Å². The summed E-state index contributed by atoms with van der Waals surface area (Å²) in [6, 6.07) is 9.31. The molecule has 0 saturated heterocycles. The predicted molar refractivity (Wildman–Crippen MR) is 85.1 cm³/mol. The van der Waals surface area contributed by atoms with Gasteiger partial charge in [0.1, 0.15) is 11.5 Å². The maximum atomic E-state index is 5.36. The lowest BCUT2D eigenvalue weighted by Gasteiger charge is -2.11. The van der Waals surface area contributed by atoms with Crippen molar-refractivity contribution in [2.45, 2.75) is 0 Å². The minimum Gasteiger partial charge on any atom is -0.497 e. The van der Waals surface area contributed by atoms with Crippen LogP contribution in [0.1, 0.15) is 0 Å². The number of pyridine rings is 1. The highest BCUT2D eigenvalue weighted by Crippen LogP contribution is 2.28. The lowest BCUT2D eigenvalue weighted by atomic mass is 10.2. The Balaban J connectivity index is 2.21. The molecular formula is C15H14N4O2S. The summed E-state index contributed by atoms with van der Waals surface area (Å²) in [7, 11) is 3.21. The summed E-state index contributed by atoms with van der Waals surface area (Å²) in [6.07, 6.45) is 3.45. The van der Waals surface area contributed by atoms with Gasteiger partial charge in [-0.3, -0.25) is 14.6 Å². The van der Waals surface area contributed by atoms with E-state index in [1.165, 1.54) is 0 Å². The van der Waals surface area contributed by atoms with Crippen LogP contribution in [0, 0.1) is 4.77 Å². The van der Waals surface area contributed by atoms with Crippen LogP contribution in [-0.2, 0) is 0 Å². The minimum atomic E-state index is 0.481. The molecule has 0 radical (unpaired) electrons. The number of hydrogen-bond donors (Lipinski definition) is 1. The number of H-pyrrole nitrogens is 1. The number of hydrogen-bond acceptors (Lipinski definition) is 5. The molecule has 112 valence electrons. The standard InChI is InChI=1S/C15H14N4O2S/c1-20-12-6-11(7-13(8-12)21-2)19-14(17-18-15(19)22)10-4-3-5-16-9-10/h3-9H,1-2H3,(H,18,22). The summed E-state index contributed by atoms with van der Waals surface area (Å²) in [5.41, 5.74) is 1.66. The Morgan fingerprint density at radius 1 is 1.14 bits per heavy atom. The Kier molecular flexibility index (Phi) is 3.88. The maximum Gasteiger partial charge on any atom is 0.200 e. The van der Waals surface area contributed by atoms with Gasteiger partial charge in [0.05, 0.1) is 19.9 Å². The van der Waals surface area contributed by atoms with Crippen LogP contribution in [0.5, 0.6) is 11.5 Å². The highest BCUT2D eigenvalue weighted by Gasteiger charge is 2.13. The van der Waals surface area contributed by atoms with E-state index in [0.717, 1.165) is 11.3 Å². The van der Waals surface area contributed by atoms with Crippen molar-refractivity contribution in [2.75, 3.05) is 14.2 Å². The number of nitrogens with zero attached hydrogens (tertiary/aromatic N) is 3. The molecule has 1 N–H and O–H groups in total. The van der Waals surface area contributed by atoms with Gasteiger partial charge >= 0.3 is 0 Å². The largest absolute Gasteiger partial charge is 0.497 e. The van der Waals surface area contributed by atoms with Crippen molar-refractivity contribution in [3.8, 4) is 28.6 Å². The SMILES string of the molecule is COc1cc(OC)cc(-n2c(-c3cccnc3)n[nH]c2=S)c1. The molecule has 22 heavy (non-hydrogen) atoms. The summed E-state index contributed by atoms with van der Waals surface area (Å²) in [4.78, 5) is 4.12. The van der Waals surface area contributed by atoms with Crippen molar-refractivity contribution in [3.05, 3.63) is 47.5 Å². The highest BCUT2D eigenvalue weighted by molar-refractivity contribution is 7.71. The van der Waals surface area contributed by atoms with E-state index in [0.29, 0.717) is 22.1 Å². The summed E-state index contributed by atoms with van der Waals surface area (Å²) in [5, 5.41) is 7.11. The molecule has 0 aliphatic heterocycles. The second-order valence-corrected chi connectivity index (χ2v) is 4.89. The fourth-order valence-electron chi connectivity index (χ4n) is 2.15. The third kappa shape index (κ3) is 2.58. The van der Waals surface area contributed by atoms with Gasteiger partial charge in [0, 0.05) is 36.2 Å². The molecule has 0 atom stereocenters. The van der Waals surface area contributed by atoms with Crippen LogP contribution >= 0.6 is 12.2 Å². The summed E-state index contributed by atoms with van der Waals surface area (Å²) in [5.74, 6) is 2.03. The number of rotatable bonds is 4. The van der Waals surface area contributed by atoms with Crippen molar-refractivity contribution in [1.29, 1.82) is 0 Å². The molecule has 3 rings (SSSR count). The van der Waals surface area contributed by atoms with Crippen molar-refractivity contribution in [2.24, 2.45) is 0 Å². The van der Waals surface area contributed by atoms with Gasteiger partial charge in [-0.25, -0.2) is 0 Å². The van der Waals surface area contributed by atoms with Crippen LogP contribution in [0.4, 0.5) is 0 Å². The monoisotopic (exact) mass is 314 g/mol. The average molecular weight is 314 g/mol. The summed E-state index contributed by atoms with van der Waals surface area (Å²) in [6.45, 7) is 0. The molecule has 6 nitrogen and oxygen atoms in total. The Hall–Kier alpha value is -2.67. The first-order valence-electron chi connectivity index (χ1n) is 6.54. The van der Waals surface area contributed by atoms with E-state index < -0.39 is 0 Å². The molecule has 2 heterocycles. The van der Waals surface area contributed by atoms with Crippen LogP contribution in [0.2, 0.25) is 0 Å². The van der Waals surface area contributed by atoms with Crippen molar-refractivity contribution in [1.82, 2.24) is 19.7 Å². The molecule has 0 unspecified atom stereocenters. The average Bonchev–Trinajstić information content (AvgIpc) is 2.96. The number of benzene rings is 1. The van der Waals surface area contributed by atoms with Crippen LogP contribution in [-0.4, -0.2) is 34.0 Å². The van der Waals surface area contributed by atoms with E-state index in [1.807, 2.05) is 28.8 Å². The minimum absolute atomic E-state index is 0.481. The van der Waals surface area contributed by atoms with Gasteiger partial charge in [-0.1, -0.05) is 0 Å². The first-order valence-corrected chi connectivity index (χ1v) is 6.95. The Morgan fingerprint density at radius 2 is 1.86 bits per heavy atom. The summed E-state index contributed by atoms with van der Waals surface area (Å²) < 4.78 is 12.9. The predicted octanol–water partition coefficient (Wildman–Crippen LogP) is 3.01. The zero-order valence-corrected chi connectivity index (χ0v) is 12.9. The van der Waals surface area contributed by atoms with Gasteiger partial charge in [-0.15, -0.1) is 0 Å². The molecular weight excluding hydrogens is 300 g/mol. The zero-order chi connectivity index (χ0) is 15.5. The van der Waals surface area contributed by atoms with Crippen LogP contribution in [0.25, 0.3) is 17.1 Å². The van der Waals surface area contributed by atoms with E-state index in [4.69, 9.17) is 21.7 Å². The number of ether oxygens (including phenoxy) is 2. The molecule has 0 fully saturated rings. The third-order valence-corrected chi connectivity index (χ3v) is 3.46. The second kappa shape index (κ2) is 5.98. The zero-order valence-electron chi connectivity index (χ0n) is 12.1. The van der Waals surface area contributed by atoms with Gasteiger partial charge in [-0.05, 0) is 24.4 Å². The van der Waals surface area contributed by atoms with E-state index in [9.17, 15) is 0 Å². The third-order valence-electron chi connectivity index (χ3n) is 3.19. The Labute approximate surface area is 132 Å². The van der Waals surface area contributed by atoms with E-state index in [1.54, 1.807) is 32.7 Å².